The van der Waals surface area contributed by atoms with Gasteiger partial charge in [0.15, 0.2) is 0 Å². The molecule has 0 spiro atoms. The van der Waals surface area contributed by atoms with Gasteiger partial charge in [-0.05, 0) is 49.8 Å². The lowest BCUT2D eigenvalue weighted by Crippen LogP contribution is -2.35. The van der Waals surface area contributed by atoms with Gasteiger partial charge < -0.3 is 10.0 Å². The van der Waals surface area contributed by atoms with Crippen LogP contribution in [0.15, 0.2) is 18.2 Å². The van der Waals surface area contributed by atoms with Gasteiger partial charge in [0, 0.05) is 12.6 Å². The second-order valence-electron chi connectivity index (χ2n) is 5.92. The van der Waals surface area contributed by atoms with E-state index in [4.69, 9.17) is 0 Å². The molecular weight excluding hydrogens is 238 g/mol. The van der Waals surface area contributed by atoms with E-state index in [1.54, 1.807) is 6.07 Å². The van der Waals surface area contributed by atoms with Crippen LogP contribution in [0, 0.1) is 12.8 Å². The maximum atomic E-state index is 11.4. The largest absolute Gasteiger partial charge is 0.478 e. The van der Waals surface area contributed by atoms with Crippen LogP contribution < -0.4 is 4.90 Å². The number of rotatable bonds is 2. The highest BCUT2D eigenvalue weighted by Gasteiger charge is 2.36. The van der Waals surface area contributed by atoms with Gasteiger partial charge >= 0.3 is 5.97 Å². The minimum atomic E-state index is -0.811. The first kappa shape index (κ1) is 12.5. The molecule has 0 bridgehead atoms. The topological polar surface area (TPSA) is 40.5 Å². The molecular formula is C16H21NO2. The summed E-state index contributed by atoms with van der Waals surface area (Å²) in [6.45, 7) is 3.04. The molecule has 3 rings (SSSR count). The summed E-state index contributed by atoms with van der Waals surface area (Å²) >= 11 is 0. The number of benzene rings is 1. The zero-order valence-electron chi connectivity index (χ0n) is 11.4. The van der Waals surface area contributed by atoms with Crippen LogP contribution in [-0.4, -0.2) is 23.7 Å². The molecule has 1 aromatic carbocycles. The Hall–Kier alpha value is -1.51. The smallest absolute Gasteiger partial charge is 0.337 e. The van der Waals surface area contributed by atoms with Crippen LogP contribution >= 0.6 is 0 Å². The van der Waals surface area contributed by atoms with Crippen molar-refractivity contribution >= 4 is 11.7 Å². The molecule has 1 N–H and O–H groups in total. The lowest BCUT2D eigenvalue weighted by molar-refractivity contribution is 0.0697. The fourth-order valence-corrected chi connectivity index (χ4v) is 3.77. The number of anilines is 1. The fraction of sp³-hybridized carbons (Fsp3) is 0.562. The zero-order chi connectivity index (χ0) is 13.4. The van der Waals surface area contributed by atoms with E-state index in [2.05, 4.69) is 4.90 Å². The van der Waals surface area contributed by atoms with Crippen molar-refractivity contribution in [1.29, 1.82) is 0 Å². The zero-order valence-corrected chi connectivity index (χ0v) is 11.4. The third kappa shape index (κ3) is 2.22. The summed E-state index contributed by atoms with van der Waals surface area (Å²) in [5.41, 5.74) is 2.53. The van der Waals surface area contributed by atoms with Gasteiger partial charge in [-0.1, -0.05) is 18.9 Å². The van der Waals surface area contributed by atoms with Crippen molar-refractivity contribution in [3.05, 3.63) is 29.3 Å². The van der Waals surface area contributed by atoms with Gasteiger partial charge in [-0.2, -0.15) is 0 Å². The summed E-state index contributed by atoms with van der Waals surface area (Å²) in [6, 6.07) is 6.25. The molecule has 1 saturated carbocycles. The van der Waals surface area contributed by atoms with Crippen LogP contribution in [0.3, 0.4) is 0 Å². The minimum Gasteiger partial charge on any atom is -0.478 e. The Labute approximate surface area is 114 Å². The second-order valence-corrected chi connectivity index (χ2v) is 5.92. The molecule has 1 aliphatic carbocycles. The molecule has 1 aliphatic heterocycles. The average molecular weight is 259 g/mol. The summed E-state index contributed by atoms with van der Waals surface area (Å²) in [5, 5.41) is 9.39. The molecule has 1 saturated heterocycles. The van der Waals surface area contributed by atoms with Gasteiger partial charge in [-0.25, -0.2) is 4.79 Å². The Balaban J connectivity index is 1.97. The Morgan fingerprint density at radius 3 is 2.84 bits per heavy atom. The Bertz CT molecular complexity index is 498. The molecule has 0 amide bonds. The Morgan fingerprint density at radius 1 is 1.26 bits per heavy atom. The molecule has 1 aromatic rings. The summed E-state index contributed by atoms with van der Waals surface area (Å²) in [4.78, 5) is 13.8. The summed E-state index contributed by atoms with van der Waals surface area (Å²) in [6.07, 6.45) is 6.38. The molecule has 1 heterocycles. The maximum Gasteiger partial charge on any atom is 0.337 e. The van der Waals surface area contributed by atoms with Crippen molar-refractivity contribution in [3.8, 4) is 0 Å². The predicted molar refractivity (Wildman–Crippen MR) is 75.8 cm³/mol. The van der Waals surface area contributed by atoms with Crippen LogP contribution in [0.5, 0.6) is 0 Å². The van der Waals surface area contributed by atoms with E-state index < -0.39 is 5.97 Å². The number of carboxylic acid groups (broad SMARTS) is 1. The first-order valence-corrected chi connectivity index (χ1v) is 7.27. The maximum absolute atomic E-state index is 11.4. The van der Waals surface area contributed by atoms with E-state index in [9.17, 15) is 9.90 Å². The monoisotopic (exact) mass is 259 g/mol. The molecule has 3 heteroatoms. The molecule has 2 aliphatic rings. The highest BCUT2D eigenvalue weighted by atomic mass is 16.4. The van der Waals surface area contributed by atoms with Gasteiger partial charge in [0.1, 0.15) is 0 Å². The summed E-state index contributed by atoms with van der Waals surface area (Å²) in [5.74, 6) is -0.0369. The predicted octanol–water partition coefficient (Wildman–Crippen LogP) is 3.46. The van der Waals surface area contributed by atoms with Gasteiger partial charge in [-0.15, -0.1) is 0 Å². The number of fused-ring (bicyclic) bond motifs is 1. The van der Waals surface area contributed by atoms with Crippen molar-refractivity contribution in [1.82, 2.24) is 0 Å². The standard InChI is InChI=1S/C16H21NO2/c1-11-6-7-13(16(18)19)15(10-11)17-9-8-12-4-2-3-5-14(12)17/h6-7,10,12,14H,2-5,8-9H2,1H3,(H,18,19). The Kier molecular flexibility index (Phi) is 3.21. The van der Waals surface area contributed by atoms with E-state index in [0.717, 1.165) is 23.7 Å². The van der Waals surface area contributed by atoms with E-state index in [-0.39, 0.29) is 0 Å². The lowest BCUT2D eigenvalue weighted by Gasteiger charge is -2.34. The minimum absolute atomic E-state index is 0.455. The summed E-state index contributed by atoms with van der Waals surface area (Å²) in [7, 11) is 0. The van der Waals surface area contributed by atoms with E-state index in [1.807, 2.05) is 19.1 Å². The van der Waals surface area contributed by atoms with Crippen LogP contribution in [0.1, 0.15) is 48.0 Å². The first-order chi connectivity index (χ1) is 9.16. The van der Waals surface area contributed by atoms with E-state index in [0.29, 0.717) is 11.6 Å². The first-order valence-electron chi connectivity index (χ1n) is 7.27. The quantitative estimate of drug-likeness (QED) is 0.884. The summed E-state index contributed by atoms with van der Waals surface area (Å²) < 4.78 is 0. The van der Waals surface area contributed by atoms with E-state index in [1.165, 1.54) is 32.1 Å². The number of aryl methyl sites for hydroxylation is 1. The molecule has 2 atom stereocenters. The van der Waals surface area contributed by atoms with Crippen LogP contribution in [0.2, 0.25) is 0 Å². The van der Waals surface area contributed by atoms with Crippen LogP contribution in [0.4, 0.5) is 5.69 Å². The van der Waals surface area contributed by atoms with Gasteiger partial charge in [0.25, 0.3) is 0 Å². The Morgan fingerprint density at radius 2 is 2.05 bits per heavy atom. The van der Waals surface area contributed by atoms with Crippen molar-refractivity contribution in [2.24, 2.45) is 5.92 Å². The van der Waals surface area contributed by atoms with Crippen LogP contribution in [-0.2, 0) is 0 Å². The molecule has 2 fully saturated rings. The van der Waals surface area contributed by atoms with Gasteiger partial charge in [0.05, 0.1) is 11.3 Å². The highest BCUT2D eigenvalue weighted by molar-refractivity contribution is 5.94. The number of hydrogen-bond acceptors (Lipinski definition) is 2. The molecule has 0 radical (unpaired) electrons. The molecule has 102 valence electrons. The number of carboxylic acids is 1. The van der Waals surface area contributed by atoms with Crippen molar-refractivity contribution in [2.75, 3.05) is 11.4 Å². The second kappa shape index (κ2) is 4.87. The normalized spacial score (nSPS) is 26.3. The molecule has 2 unspecified atom stereocenters. The number of aromatic carboxylic acids is 1. The SMILES string of the molecule is Cc1ccc(C(=O)O)c(N2CCC3CCCCC32)c1. The van der Waals surface area contributed by atoms with Gasteiger partial charge in [0.2, 0.25) is 0 Å². The lowest BCUT2D eigenvalue weighted by atomic mass is 9.85. The number of nitrogens with zero attached hydrogens (tertiary/aromatic N) is 1. The van der Waals surface area contributed by atoms with Crippen LogP contribution in [0.25, 0.3) is 0 Å². The molecule has 19 heavy (non-hydrogen) atoms. The van der Waals surface area contributed by atoms with Crippen molar-refractivity contribution in [3.63, 3.8) is 0 Å². The highest BCUT2D eigenvalue weighted by Crippen LogP contribution is 2.40. The third-order valence-corrected chi connectivity index (χ3v) is 4.70. The third-order valence-electron chi connectivity index (χ3n) is 4.70. The molecule has 3 nitrogen and oxygen atoms in total. The molecule has 0 aromatic heterocycles. The van der Waals surface area contributed by atoms with Crippen molar-refractivity contribution in [2.45, 2.75) is 45.1 Å². The number of hydrogen-bond donors (Lipinski definition) is 1. The average Bonchev–Trinajstić information content (AvgIpc) is 2.82. The fourth-order valence-electron chi connectivity index (χ4n) is 3.77. The number of carbonyl (C=O) groups is 1. The van der Waals surface area contributed by atoms with Gasteiger partial charge in [-0.3, -0.25) is 0 Å². The van der Waals surface area contributed by atoms with Crippen molar-refractivity contribution < 1.29 is 9.90 Å². The van der Waals surface area contributed by atoms with E-state index >= 15 is 0 Å².